The van der Waals surface area contributed by atoms with Gasteiger partial charge in [-0.05, 0) is 36.2 Å². The number of anilines is 1. The van der Waals surface area contributed by atoms with Crippen LogP contribution < -0.4 is 16.6 Å². The Hall–Kier alpha value is -2.47. The van der Waals surface area contributed by atoms with Crippen LogP contribution in [0.5, 0.6) is 0 Å². The second-order valence-corrected chi connectivity index (χ2v) is 3.94. The number of nitrogen functional groups attached to an aromatic ring is 1. The van der Waals surface area contributed by atoms with Gasteiger partial charge < -0.3 is 10.7 Å². The summed E-state index contributed by atoms with van der Waals surface area (Å²) in [6.07, 6.45) is 5.72. The fraction of sp³-hybridized carbons (Fsp3) is 0.154. The zero-order valence-electron chi connectivity index (χ0n) is 10.3. The molecule has 0 aliphatic rings. The summed E-state index contributed by atoms with van der Waals surface area (Å²) >= 11 is 0. The minimum Gasteiger partial charge on any atom is -0.352 e. The molecular weight excluding hydrogens is 242 g/mol. The molecule has 0 radical (unpaired) electrons. The fourth-order valence-electron chi connectivity index (χ4n) is 1.59. The molecule has 0 aliphatic carbocycles. The predicted octanol–water partition coefficient (Wildman–Crippen LogP) is 0.735. The Balaban J connectivity index is 1.84. The molecule has 0 unspecified atom stereocenters. The first-order chi connectivity index (χ1) is 9.29. The molecule has 0 aliphatic heterocycles. The maximum atomic E-state index is 11.8. The molecule has 0 fully saturated rings. The zero-order valence-corrected chi connectivity index (χ0v) is 10.3. The molecule has 0 aromatic carbocycles. The number of nitrogens with zero attached hydrogens (tertiary/aromatic N) is 2. The van der Waals surface area contributed by atoms with E-state index in [1.165, 1.54) is 6.20 Å². The monoisotopic (exact) mass is 257 g/mol. The number of aromatic nitrogens is 2. The Kier molecular flexibility index (Phi) is 4.41. The Labute approximate surface area is 111 Å². The average molecular weight is 257 g/mol. The minimum atomic E-state index is -0.148. The largest absolute Gasteiger partial charge is 0.352 e. The van der Waals surface area contributed by atoms with Gasteiger partial charge in [0, 0.05) is 25.1 Å². The van der Waals surface area contributed by atoms with Crippen molar-refractivity contribution in [3.8, 4) is 0 Å². The number of carbonyl (C=O) groups excluding carboxylic acids is 1. The third kappa shape index (κ3) is 3.75. The second kappa shape index (κ2) is 6.46. The molecule has 0 saturated heterocycles. The molecule has 2 aromatic heterocycles. The van der Waals surface area contributed by atoms with Crippen molar-refractivity contribution in [1.82, 2.24) is 15.3 Å². The van der Waals surface area contributed by atoms with Crippen molar-refractivity contribution < 1.29 is 4.79 Å². The summed E-state index contributed by atoms with van der Waals surface area (Å²) in [6, 6.07) is 7.17. The summed E-state index contributed by atoms with van der Waals surface area (Å²) in [7, 11) is 0. The first-order valence-corrected chi connectivity index (χ1v) is 5.89. The van der Waals surface area contributed by atoms with Crippen molar-refractivity contribution in [2.24, 2.45) is 5.84 Å². The van der Waals surface area contributed by atoms with E-state index in [9.17, 15) is 4.79 Å². The van der Waals surface area contributed by atoms with Crippen LogP contribution in [0, 0.1) is 0 Å². The van der Waals surface area contributed by atoms with Crippen molar-refractivity contribution in [3.63, 3.8) is 0 Å². The fourth-order valence-corrected chi connectivity index (χ4v) is 1.59. The summed E-state index contributed by atoms with van der Waals surface area (Å²) in [6.45, 7) is 0.569. The van der Waals surface area contributed by atoms with Crippen molar-refractivity contribution in [3.05, 3.63) is 54.0 Å². The van der Waals surface area contributed by atoms with Crippen molar-refractivity contribution in [2.45, 2.75) is 6.42 Å². The van der Waals surface area contributed by atoms with E-state index in [4.69, 9.17) is 5.84 Å². The summed E-state index contributed by atoms with van der Waals surface area (Å²) in [5.74, 6) is 5.58. The Morgan fingerprint density at radius 1 is 1.21 bits per heavy atom. The highest BCUT2D eigenvalue weighted by molar-refractivity contribution is 5.94. The van der Waals surface area contributed by atoms with E-state index in [1.807, 2.05) is 12.1 Å². The molecule has 0 atom stereocenters. The summed E-state index contributed by atoms with van der Waals surface area (Å²) < 4.78 is 0. The smallest absolute Gasteiger partial charge is 0.252 e. The van der Waals surface area contributed by atoms with Crippen molar-refractivity contribution in [2.75, 3.05) is 12.0 Å². The van der Waals surface area contributed by atoms with Crippen molar-refractivity contribution in [1.29, 1.82) is 0 Å². The maximum absolute atomic E-state index is 11.8. The van der Waals surface area contributed by atoms with Gasteiger partial charge in [0.05, 0.1) is 5.56 Å². The van der Waals surface area contributed by atoms with E-state index >= 15 is 0 Å². The molecular formula is C13H15N5O. The Bertz CT molecular complexity index is 526. The van der Waals surface area contributed by atoms with Crippen LogP contribution >= 0.6 is 0 Å². The van der Waals surface area contributed by atoms with Crippen LogP contribution in [0.1, 0.15) is 15.9 Å². The van der Waals surface area contributed by atoms with Crippen LogP contribution in [-0.2, 0) is 6.42 Å². The molecule has 1 amide bonds. The summed E-state index contributed by atoms with van der Waals surface area (Å²) in [5.41, 5.74) is 4.05. The van der Waals surface area contributed by atoms with Gasteiger partial charge in [-0.2, -0.15) is 0 Å². The molecule has 0 bridgehead atoms. The number of hydrogen-bond acceptors (Lipinski definition) is 5. The van der Waals surface area contributed by atoms with Gasteiger partial charge in [0.25, 0.3) is 5.91 Å². The SMILES string of the molecule is NNc1ccc(C(=O)NCCc2ccncc2)cn1. The Morgan fingerprint density at radius 3 is 2.63 bits per heavy atom. The molecule has 2 aromatic rings. The Morgan fingerprint density at radius 2 is 2.00 bits per heavy atom. The number of carbonyl (C=O) groups is 1. The van der Waals surface area contributed by atoms with Gasteiger partial charge in [-0.1, -0.05) is 0 Å². The van der Waals surface area contributed by atoms with Crippen LogP contribution in [0.25, 0.3) is 0 Å². The molecule has 4 N–H and O–H groups in total. The number of rotatable bonds is 5. The van der Waals surface area contributed by atoms with E-state index in [1.54, 1.807) is 24.5 Å². The topological polar surface area (TPSA) is 92.9 Å². The molecule has 6 heteroatoms. The molecule has 0 saturated carbocycles. The van der Waals surface area contributed by atoms with Crippen LogP contribution in [0.3, 0.4) is 0 Å². The second-order valence-electron chi connectivity index (χ2n) is 3.94. The lowest BCUT2D eigenvalue weighted by Crippen LogP contribution is -2.25. The number of hydrogen-bond donors (Lipinski definition) is 3. The van der Waals surface area contributed by atoms with Gasteiger partial charge >= 0.3 is 0 Å². The number of nitrogens with one attached hydrogen (secondary N) is 2. The van der Waals surface area contributed by atoms with Crippen molar-refractivity contribution >= 4 is 11.7 Å². The number of nitrogens with two attached hydrogens (primary N) is 1. The van der Waals surface area contributed by atoms with Gasteiger partial charge in [-0.25, -0.2) is 10.8 Å². The average Bonchev–Trinajstić information content (AvgIpc) is 2.48. The van der Waals surface area contributed by atoms with E-state index in [0.29, 0.717) is 17.9 Å². The summed E-state index contributed by atoms with van der Waals surface area (Å²) in [4.78, 5) is 19.7. The normalized spacial score (nSPS) is 9.95. The van der Waals surface area contributed by atoms with E-state index in [0.717, 1.165) is 12.0 Å². The first kappa shape index (κ1) is 13.0. The van der Waals surface area contributed by atoms with E-state index in [2.05, 4.69) is 20.7 Å². The molecule has 0 spiro atoms. The van der Waals surface area contributed by atoms with Gasteiger partial charge in [-0.15, -0.1) is 0 Å². The van der Waals surface area contributed by atoms with E-state index in [-0.39, 0.29) is 5.91 Å². The van der Waals surface area contributed by atoms with Gasteiger partial charge in [0.1, 0.15) is 5.82 Å². The first-order valence-electron chi connectivity index (χ1n) is 5.89. The lowest BCUT2D eigenvalue weighted by Gasteiger charge is -2.05. The zero-order chi connectivity index (χ0) is 13.5. The highest BCUT2D eigenvalue weighted by atomic mass is 16.1. The third-order valence-corrected chi connectivity index (χ3v) is 2.62. The van der Waals surface area contributed by atoms with Crippen LogP contribution in [0.15, 0.2) is 42.9 Å². The lowest BCUT2D eigenvalue weighted by molar-refractivity contribution is 0.0954. The highest BCUT2D eigenvalue weighted by Crippen LogP contribution is 2.03. The molecule has 2 rings (SSSR count). The van der Waals surface area contributed by atoms with Crippen LogP contribution in [0.4, 0.5) is 5.82 Å². The standard InChI is InChI=1S/C13H15N5O/c14-18-12-2-1-11(9-17-12)13(19)16-8-5-10-3-6-15-7-4-10/h1-4,6-7,9H,5,8,14H2,(H,16,19)(H,17,18). The minimum absolute atomic E-state index is 0.148. The van der Waals surface area contributed by atoms with Gasteiger partial charge in [0.15, 0.2) is 0 Å². The molecule has 6 nitrogen and oxygen atoms in total. The molecule has 2 heterocycles. The number of amides is 1. The maximum Gasteiger partial charge on any atom is 0.252 e. The lowest BCUT2D eigenvalue weighted by atomic mass is 10.2. The third-order valence-electron chi connectivity index (χ3n) is 2.62. The molecule has 19 heavy (non-hydrogen) atoms. The van der Waals surface area contributed by atoms with Crippen LogP contribution in [0.2, 0.25) is 0 Å². The number of hydrazine groups is 1. The molecule has 98 valence electrons. The predicted molar refractivity (Wildman–Crippen MR) is 72.3 cm³/mol. The summed E-state index contributed by atoms with van der Waals surface area (Å²) in [5, 5.41) is 2.83. The highest BCUT2D eigenvalue weighted by Gasteiger charge is 2.05. The quantitative estimate of drug-likeness (QED) is 0.542. The number of pyridine rings is 2. The van der Waals surface area contributed by atoms with Gasteiger partial charge in [-0.3, -0.25) is 9.78 Å². The van der Waals surface area contributed by atoms with E-state index < -0.39 is 0 Å². The van der Waals surface area contributed by atoms with Crippen LogP contribution in [-0.4, -0.2) is 22.4 Å². The van der Waals surface area contributed by atoms with Gasteiger partial charge in [0.2, 0.25) is 0 Å².